The van der Waals surface area contributed by atoms with E-state index in [9.17, 15) is 14.4 Å². The van der Waals surface area contributed by atoms with Crippen molar-refractivity contribution in [2.24, 2.45) is 5.73 Å². The van der Waals surface area contributed by atoms with Crippen molar-refractivity contribution in [2.45, 2.75) is 44.3 Å². The molecule has 0 spiro atoms. The number of thioether (sulfide) groups is 1. The van der Waals surface area contributed by atoms with Gasteiger partial charge in [0.15, 0.2) is 10.3 Å². The molecule has 176 valence electrons. The van der Waals surface area contributed by atoms with Crippen LogP contribution in [0.1, 0.15) is 31.2 Å². The van der Waals surface area contributed by atoms with Crippen molar-refractivity contribution in [3.05, 3.63) is 58.4 Å². The fraction of sp³-hybridized carbons (Fsp3) is 0.292. The summed E-state index contributed by atoms with van der Waals surface area (Å²) in [7, 11) is 0. The topological polar surface area (TPSA) is 120 Å². The second kappa shape index (κ2) is 10.8. The van der Waals surface area contributed by atoms with E-state index in [-0.39, 0.29) is 23.1 Å². The van der Waals surface area contributed by atoms with Gasteiger partial charge in [-0.1, -0.05) is 47.7 Å². The quantitative estimate of drug-likeness (QED) is 0.194. The van der Waals surface area contributed by atoms with Gasteiger partial charge in [-0.3, -0.25) is 19.0 Å². The fourth-order valence-electron chi connectivity index (χ4n) is 3.57. The summed E-state index contributed by atoms with van der Waals surface area (Å²) in [6.45, 7) is 2.47. The number of hydrogen-bond donors (Lipinski definition) is 2. The zero-order valence-electron chi connectivity index (χ0n) is 18.7. The van der Waals surface area contributed by atoms with Gasteiger partial charge < -0.3 is 11.1 Å². The van der Waals surface area contributed by atoms with Crippen LogP contribution in [0.25, 0.3) is 21.1 Å². The molecule has 0 saturated carbocycles. The molecule has 3 N–H and O–H groups in total. The van der Waals surface area contributed by atoms with Gasteiger partial charge in [0.25, 0.3) is 5.56 Å². The number of aromatic nitrogens is 3. The molecule has 10 heteroatoms. The molecule has 2 aromatic heterocycles. The van der Waals surface area contributed by atoms with Crippen molar-refractivity contribution in [1.29, 1.82) is 0 Å². The maximum atomic E-state index is 13.1. The number of carbonyl (C=O) groups excluding carboxylic acids is 2. The third kappa shape index (κ3) is 5.81. The molecule has 0 aliphatic carbocycles. The van der Waals surface area contributed by atoms with Crippen molar-refractivity contribution in [3.8, 4) is 0 Å². The standard InChI is InChI=1S/C24H25N5O3S2/c1-15-10-11-18-19(13-15)34-23(26-18)28-21(31)14-33-24-27-17-8-5-4-7-16(17)22(32)29(24)12-6-2-3-9-20(25)30/h4-5,7-8,10-11,13H,2-3,6,9,12,14H2,1H3,(H2,25,30)(H,26,28,31). The highest BCUT2D eigenvalue weighted by molar-refractivity contribution is 7.99. The predicted octanol–water partition coefficient (Wildman–Crippen LogP) is 4.09. The van der Waals surface area contributed by atoms with Crippen molar-refractivity contribution in [1.82, 2.24) is 14.5 Å². The molecule has 8 nitrogen and oxygen atoms in total. The van der Waals surface area contributed by atoms with Crippen LogP contribution < -0.4 is 16.6 Å². The maximum absolute atomic E-state index is 13.1. The molecule has 34 heavy (non-hydrogen) atoms. The average molecular weight is 496 g/mol. The van der Waals surface area contributed by atoms with Gasteiger partial charge in [0.05, 0.1) is 26.9 Å². The fourth-order valence-corrected chi connectivity index (χ4v) is 5.38. The monoisotopic (exact) mass is 495 g/mol. The Morgan fingerprint density at radius 1 is 1.09 bits per heavy atom. The molecule has 0 saturated heterocycles. The Morgan fingerprint density at radius 2 is 1.91 bits per heavy atom. The first-order valence-electron chi connectivity index (χ1n) is 11.0. The summed E-state index contributed by atoms with van der Waals surface area (Å²) in [5.74, 6) is -0.437. The Hall–Kier alpha value is -3.24. The Morgan fingerprint density at radius 3 is 2.74 bits per heavy atom. The van der Waals surface area contributed by atoms with Gasteiger partial charge in [0, 0.05) is 13.0 Å². The van der Waals surface area contributed by atoms with Crippen molar-refractivity contribution in [2.75, 3.05) is 11.1 Å². The number of nitrogens with two attached hydrogens (primary N) is 1. The molecule has 0 aliphatic rings. The number of aryl methyl sites for hydroxylation is 1. The second-order valence-electron chi connectivity index (χ2n) is 7.97. The van der Waals surface area contributed by atoms with Gasteiger partial charge in [-0.05, 0) is 49.6 Å². The first kappa shape index (κ1) is 23.9. The third-order valence-corrected chi connectivity index (χ3v) is 7.16. The number of fused-ring (bicyclic) bond motifs is 2. The Labute approximate surface area is 204 Å². The number of hydrogen-bond acceptors (Lipinski definition) is 7. The van der Waals surface area contributed by atoms with E-state index >= 15 is 0 Å². The Balaban J connectivity index is 1.47. The van der Waals surface area contributed by atoms with E-state index in [4.69, 9.17) is 5.73 Å². The highest BCUT2D eigenvalue weighted by atomic mass is 32.2. The molecule has 0 aliphatic heterocycles. The minimum atomic E-state index is -0.324. The van der Waals surface area contributed by atoms with Crippen molar-refractivity contribution < 1.29 is 9.59 Å². The van der Waals surface area contributed by atoms with Crippen molar-refractivity contribution in [3.63, 3.8) is 0 Å². The van der Waals surface area contributed by atoms with Crippen LogP contribution in [0.3, 0.4) is 0 Å². The van der Waals surface area contributed by atoms with Crippen LogP contribution in [-0.4, -0.2) is 32.1 Å². The molecule has 2 amide bonds. The van der Waals surface area contributed by atoms with Gasteiger partial charge in [0.1, 0.15) is 0 Å². The first-order chi connectivity index (χ1) is 16.4. The number of para-hydroxylation sites is 1. The number of carbonyl (C=O) groups is 2. The summed E-state index contributed by atoms with van der Waals surface area (Å²) in [6.07, 6.45) is 2.48. The van der Waals surface area contributed by atoms with Gasteiger partial charge in [-0.15, -0.1) is 0 Å². The largest absolute Gasteiger partial charge is 0.370 e. The molecule has 0 atom stereocenters. The summed E-state index contributed by atoms with van der Waals surface area (Å²) in [5.41, 5.74) is 7.65. The summed E-state index contributed by atoms with van der Waals surface area (Å²) in [6, 6.07) is 13.2. The predicted molar refractivity (Wildman–Crippen MR) is 137 cm³/mol. The van der Waals surface area contributed by atoms with E-state index in [1.807, 2.05) is 37.3 Å². The van der Waals surface area contributed by atoms with E-state index in [1.54, 1.807) is 16.7 Å². The summed E-state index contributed by atoms with van der Waals surface area (Å²) in [4.78, 5) is 45.8. The van der Waals surface area contributed by atoms with E-state index < -0.39 is 0 Å². The SMILES string of the molecule is Cc1ccc2nc(NC(=O)CSc3nc4ccccc4c(=O)n3CCCCCC(N)=O)sc2c1. The Bertz CT molecular complexity index is 1410. The molecular formula is C24H25N5O3S2. The summed E-state index contributed by atoms with van der Waals surface area (Å²) in [5, 5.41) is 4.43. The van der Waals surface area contributed by atoms with E-state index in [1.165, 1.54) is 23.1 Å². The van der Waals surface area contributed by atoms with Gasteiger partial charge in [0.2, 0.25) is 11.8 Å². The number of nitrogens with zero attached hydrogens (tertiary/aromatic N) is 3. The number of thiazole rings is 1. The summed E-state index contributed by atoms with van der Waals surface area (Å²) >= 11 is 2.65. The number of amides is 2. The van der Waals surface area contributed by atoms with Gasteiger partial charge >= 0.3 is 0 Å². The lowest BCUT2D eigenvalue weighted by molar-refractivity contribution is -0.118. The minimum absolute atomic E-state index is 0.0986. The molecular weight excluding hydrogens is 470 g/mol. The number of rotatable bonds is 10. The average Bonchev–Trinajstić information content (AvgIpc) is 3.20. The van der Waals surface area contributed by atoms with E-state index in [0.29, 0.717) is 47.0 Å². The molecule has 2 heterocycles. The van der Waals surface area contributed by atoms with Crippen LogP contribution in [0.4, 0.5) is 5.13 Å². The lowest BCUT2D eigenvalue weighted by Gasteiger charge is -2.13. The molecule has 0 fully saturated rings. The number of anilines is 1. The first-order valence-corrected chi connectivity index (χ1v) is 12.8. The lowest BCUT2D eigenvalue weighted by atomic mass is 10.2. The van der Waals surface area contributed by atoms with E-state index in [2.05, 4.69) is 15.3 Å². The maximum Gasteiger partial charge on any atom is 0.262 e. The number of primary amides is 1. The van der Waals surface area contributed by atoms with Crippen LogP contribution in [0.15, 0.2) is 52.4 Å². The summed E-state index contributed by atoms with van der Waals surface area (Å²) < 4.78 is 2.63. The molecule has 4 rings (SSSR count). The van der Waals surface area contributed by atoms with Crippen molar-refractivity contribution >= 4 is 61.2 Å². The lowest BCUT2D eigenvalue weighted by Crippen LogP contribution is -2.24. The van der Waals surface area contributed by atoms with Crippen LogP contribution in [-0.2, 0) is 16.1 Å². The van der Waals surface area contributed by atoms with Gasteiger partial charge in [-0.2, -0.15) is 0 Å². The van der Waals surface area contributed by atoms with Crippen LogP contribution in [0, 0.1) is 6.92 Å². The zero-order valence-corrected chi connectivity index (χ0v) is 20.4. The van der Waals surface area contributed by atoms with Crippen LogP contribution in [0.2, 0.25) is 0 Å². The smallest absolute Gasteiger partial charge is 0.262 e. The number of nitrogens with one attached hydrogen (secondary N) is 1. The molecule has 0 unspecified atom stereocenters. The second-order valence-corrected chi connectivity index (χ2v) is 9.95. The zero-order chi connectivity index (χ0) is 24.1. The number of benzene rings is 2. The highest BCUT2D eigenvalue weighted by Gasteiger charge is 2.14. The van der Waals surface area contributed by atoms with Crippen LogP contribution in [0.5, 0.6) is 0 Å². The molecule has 0 bridgehead atoms. The normalized spacial score (nSPS) is 11.2. The van der Waals surface area contributed by atoms with Crippen LogP contribution >= 0.6 is 23.1 Å². The molecule has 2 aromatic carbocycles. The Kier molecular flexibility index (Phi) is 7.59. The minimum Gasteiger partial charge on any atom is -0.370 e. The third-order valence-electron chi connectivity index (χ3n) is 5.25. The van der Waals surface area contributed by atoms with Gasteiger partial charge in [-0.25, -0.2) is 9.97 Å². The highest BCUT2D eigenvalue weighted by Crippen LogP contribution is 2.27. The number of unbranched alkanes of at least 4 members (excludes halogenated alkanes) is 2. The molecule has 4 aromatic rings. The van der Waals surface area contributed by atoms with E-state index in [0.717, 1.165) is 22.2 Å². The molecule has 0 radical (unpaired) electrons.